The highest BCUT2D eigenvalue weighted by Gasteiger charge is 2.21. The Bertz CT molecular complexity index is 850. The maximum atomic E-state index is 12.4. The lowest BCUT2D eigenvalue weighted by Crippen LogP contribution is -2.37. The van der Waals surface area contributed by atoms with Crippen LogP contribution in [0, 0.1) is 0 Å². The summed E-state index contributed by atoms with van der Waals surface area (Å²) in [6, 6.07) is 13.4. The lowest BCUT2D eigenvalue weighted by atomic mass is 10.3. The fourth-order valence-electron chi connectivity index (χ4n) is 2.31. The molecule has 2 aromatic rings. The van der Waals surface area contributed by atoms with Gasteiger partial charge in [-0.1, -0.05) is 6.07 Å². The summed E-state index contributed by atoms with van der Waals surface area (Å²) < 4.78 is 35.7. The summed E-state index contributed by atoms with van der Waals surface area (Å²) in [6.45, 7) is 2.03. The number of methoxy groups -OCH3 is 1. The van der Waals surface area contributed by atoms with Crippen molar-refractivity contribution in [2.45, 2.75) is 6.92 Å². The van der Waals surface area contributed by atoms with Gasteiger partial charge in [0, 0.05) is 11.8 Å². The molecule has 0 heterocycles. The van der Waals surface area contributed by atoms with Crippen LogP contribution in [0.15, 0.2) is 48.5 Å². The molecule has 1 N–H and O–H groups in total. The zero-order valence-electron chi connectivity index (χ0n) is 14.9. The second kappa shape index (κ2) is 8.57. The Balaban J connectivity index is 2.15. The maximum absolute atomic E-state index is 12.4. The molecular weight excluding hydrogens is 356 g/mol. The molecule has 0 aromatic heterocycles. The number of carbonyl (C=O) groups excluding carboxylic acids is 1. The molecule has 0 unspecified atom stereocenters. The van der Waals surface area contributed by atoms with Crippen LogP contribution in [0.4, 0.5) is 11.4 Å². The van der Waals surface area contributed by atoms with Gasteiger partial charge < -0.3 is 14.8 Å². The Hall–Kier alpha value is -2.74. The van der Waals surface area contributed by atoms with Crippen molar-refractivity contribution in [2.75, 3.05) is 36.1 Å². The van der Waals surface area contributed by atoms with Crippen LogP contribution in [-0.4, -0.2) is 40.8 Å². The molecule has 2 rings (SSSR count). The van der Waals surface area contributed by atoms with E-state index >= 15 is 0 Å². The fraction of sp³-hybridized carbons (Fsp3) is 0.278. The Morgan fingerprint density at radius 1 is 1.12 bits per heavy atom. The van der Waals surface area contributed by atoms with E-state index in [2.05, 4.69) is 5.32 Å². The first-order valence-electron chi connectivity index (χ1n) is 7.98. The summed E-state index contributed by atoms with van der Waals surface area (Å²) >= 11 is 0. The van der Waals surface area contributed by atoms with Crippen molar-refractivity contribution in [3.8, 4) is 11.5 Å². The van der Waals surface area contributed by atoms with Gasteiger partial charge in [-0.3, -0.25) is 9.10 Å². The third kappa shape index (κ3) is 5.38. The van der Waals surface area contributed by atoms with Crippen LogP contribution in [0.25, 0.3) is 0 Å². The maximum Gasteiger partial charge on any atom is 0.245 e. The van der Waals surface area contributed by atoms with Crippen molar-refractivity contribution in [3.05, 3.63) is 48.5 Å². The van der Waals surface area contributed by atoms with E-state index < -0.39 is 15.9 Å². The molecule has 0 atom stereocenters. The minimum absolute atomic E-state index is 0.343. The molecule has 2 aromatic carbocycles. The van der Waals surface area contributed by atoms with Crippen LogP contribution in [0.5, 0.6) is 11.5 Å². The van der Waals surface area contributed by atoms with Crippen molar-refractivity contribution in [1.29, 1.82) is 0 Å². The van der Waals surface area contributed by atoms with Gasteiger partial charge in [-0.2, -0.15) is 0 Å². The van der Waals surface area contributed by atoms with Crippen LogP contribution in [-0.2, 0) is 14.8 Å². The average molecular weight is 378 g/mol. The van der Waals surface area contributed by atoms with Crippen LogP contribution < -0.4 is 19.1 Å². The van der Waals surface area contributed by atoms with Crippen LogP contribution in [0.3, 0.4) is 0 Å². The number of hydrogen-bond acceptors (Lipinski definition) is 5. The number of sulfonamides is 1. The topological polar surface area (TPSA) is 84.9 Å². The molecule has 0 saturated carbocycles. The molecule has 7 nitrogen and oxygen atoms in total. The van der Waals surface area contributed by atoms with E-state index in [-0.39, 0.29) is 6.54 Å². The molecular formula is C18H22N2O5S. The van der Waals surface area contributed by atoms with E-state index in [0.717, 1.165) is 10.6 Å². The number of amides is 1. The average Bonchev–Trinajstić information content (AvgIpc) is 2.59. The lowest BCUT2D eigenvalue weighted by molar-refractivity contribution is -0.114. The molecule has 0 fully saturated rings. The van der Waals surface area contributed by atoms with Gasteiger partial charge in [0.2, 0.25) is 15.9 Å². The van der Waals surface area contributed by atoms with E-state index in [1.807, 2.05) is 6.92 Å². The first-order chi connectivity index (χ1) is 12.3. The molecule has 0 saturated heterocycles. The quantitative estimate of drug-likeness (QED) is 0.763. The molecule has 0 spiro atoms. The number of hydrogen-bond donors (Lipinski definition) is 1. The summed E-state index contributed by atoms with van der Waals surface area (Å²) in [5, 5.41) is 2.69. The second-order valence-electron chi connectivity index (χ2n) is 5.48. The van der Waals surface area contributed by atoms with E-state index in [1.165, 1.54) is 7.11 Å². The smallest absolute Gasteiger partial charge is 0.245 e. The third-order valence-electron chi connectivity index (χ3n) is 3.48. The monoisotopic (exact) mass is 378 g/mol. The molecule has 1 amide bonds. The number of benzene rings is 2. The summed E-state index contributed by atoms with van der Waals surface area (Å²) in [7, 11) is -2.11. The van der Waals surface area contributed by atoms with Gasteiger partial charge in [0.25, 0.3) is 0 Å². The lowest BCUT2D eigenvalue weighted by Gasteiger charge is -2.22. The Morgan fingerprint density at radius 2 is 1.81 bits per heavy atom. The minimum Gasteiger partial charge on any atom is -0.497 e. The highest BCUT2D eigenvalue weighted by atomic mass is 32.2. The molecule has 140 valence electrons. The normalized spacial score (nSPS) is 10.9. The molecule has 0 aliphatic carbocycles. The van der Waals surface area contributed by atoms with Crippen LogP contribution in [0.1, 0.15) is 6.92 Å². The highest BCUT2D eigenvalue weighted by molar-refractivity contribution is 7.92. The number of nitrogens with one attached hydrogen (secondary N) is 1. The molecule has 0 aliphatic heterocycles. The number of carbonyl (C=O) groups is 1. The summed E-state index contributed by atoms with van der Waals surface area (Å²) in [6.07, 6.45) is 1.06. The summed E-state index contributed by atoms with van der Waals surface area (Å²) in [4.78, 5) is 12.4. The van der Waals surface area contributed by atoms with Gasteiger partial charge in [-0.25, -0.2) is 8.42 Å². The molecule has 0 radical (unpaired) electrons. The van der Waals surface area contributed by atoms with Gasteiger partial charge in [-0.05, 0) is 43.3 Å². The number of anilines is 2. The van der Waals surface area contributed by atoms with E-state index in [4.69, 9.17) is 9.47 Å². The number of nitrogens with zero attached hydrogens (tertiary/aromatic N) is 1. The second-order valence-corrected chi connectivity index (χ2v) is 7.38. The van der Waals surface area contributed by atoms with Crippen molar-refractivity contribution in [3.63, 3.8) is 0 Å². The van der Waals surface area contributed by atoms with Gasteiger partial charge >= 0.3 is 0 Å². The molecule has 26 heavy (non-hydrogen) atoms. The summed E-state index contributed by atoms with van der Waals surface area (Å²) in [5.41, 5.74) is 0.913. The Morgan fingerprint density at radius 3 is 2.38 bits per heavy atom. The SMILES string of the molecule is CCOc1cccc(NC(=O)CN(c2ccc(OC)cc2)S(C)(=O)=O)c1. The zero-order chi connectivity index (χ0) is 19.2. The zero-order valence-corrected chi connectivity index (χ0v) is 15.7. The van der Waals surface area contributed by atoms with Gasteiger partial charge in [-0.15, -0.1) is 0 Å². The first-order valence-corrected chi connectivity index (χ1v) is 9.82. The van der Waals surface area contributed by atoms with Crippen molar-refractivity contribution in [2.24, 2.45) is 0 Å². The van der Waals surface area contributed by atoms with Crippen molar-refractivity contribution < 1.29 is 22.7 Å². The predicted octanol–water partition coefficient (Wildman–Crippen LogP) is 2.50. The molecule has 8 heteroatoms. The Kier molecular flexibility index (Phi) is 6.46. The van der Waals surface area contributed by atoms with E-state index in [1.54, 1.807) is 48.5 Å². The van der Waals surface area contributed by atoms with Gasteiger partial charge in [0.05, 0.1) is 25.7 Å². The number of rotatable bonds is 8. The van der Waals surface area contributed by atoms with Gasteiger partial charge in [0.1, 0.15) is 18.0 Å². The van der Waals surface area contributed by atoms with Crippen molar-refractivity contribution >= 4 is 27.3 Å². The van der Waals surface area contributed by atoms with Crippen LogP contribution >= 0.6 is 0 Å². The largest absolute Gasteiger partial charge is 0.497 e. The van der Waals surface area contributed by atoms with E-state index in [9.17, 15) is 13.2 Å². The van der Waals surface area contributed by atoms with Crippen molar-refractivity contribution in [1.82, 2.24) is 0 Å². The minimum atomic E-state index is -3.63. The van der Waals surface area contributed by atoms with Crippen LogP contribution in [0.2, 0.25) is 0 Å². The third-order valence-corrected chi connectivity index (χ3v) is 4.62. The predicted molar refractivity (Wildman–Crippen MR) is 101 cm³/mol. The number of ether oxygens (including phenoxy) is 2. The van der Waals surface area contributed by atoms with E-state index in [0.29, 0.717) is 29.5 Å². The fourth-order valence-corrected chi connectivity index (χ4v) is 3.17. The Labute approximate surface area is 153 Å². The standard InChI is InChI=1S/C18H22N2O5S/c1-4-25-17-7-5-6-14(12-17)19-18(21)13-20(26(3,22)23)15-8-10-16(24-2)11-9-15/h5-12H,4,13H2,1-3H3,(H,19,21). The van der Waals surface area contributed by atoms with Gasteiger partial charge in [0.15, 0.2) is 0 Å². The first kappa shape index (κ1) is 19.6. The molecule has 0 bridgehead atoms. The summed E-state index contributed by atoms with van der Waals surface area (Å²) in [5.74, 6) is 0.764. The highest BCUT2D eigenvalue weighted by Crippen LogP contribution is 2.22. The molecule has 0 aliphatic rings.